The lowest BCUT2D eigenvalue weighted by Gasteiger charge is -2.12. The van der Waals surface area contributed by atoms with Crippen LogP contribution in [0.15, 0.2) is 48.5 Å². The molecule has 21 heavy (non-hydrogen) atoms. The van der Waals surface area contributed by atoms with Crippen molar-refractivity contribution in [2.24, 2.45) is 0 Å². The Kier molecular flexibility index (Phi) is 3.36. The predicted octanol–water partition coefficient (Wildman–Crippen LogP) is 3.93. The summed E-state index contributed by atoms with van der Waals surface area (Å²) in [4.78, 5) is 4.55. The summed E-state index contributed by atoms with van der Waals surface area (Å²) in [7, 11) is 1.58. The Morgan fingerprint density at radius 2 is 1.62 bits per heavy atom. The molecule has 0 bridgehead atoms. The van der Waals surface area contributed by atoms with Crippen LogP contribution in [-0.4, -0.2) is 12.1 Å². The molecule has 0 radical (unpaired) electrons. The van der Waals surface area contributed by atoms with Gasteiger partial charge in [0.25, 0.3) is 0 Å². The van der Waals surface area contributed by atoms with Crippen LogP contribution in [0.3, 0.4) is 0 Å². The standard InChI is InChI=1S/C17H16N2O2/c1-11-9-10-12-5-3-8-15(17(12)19-11)21-14-7-4-6-13(20-2)16(14)18/h3-10H,18H2,1-2H3. The topological polar surface area (TPSA) is 57.4 Å². The summed E-state index contributed by atoms with van der Waals surface area (Å²) >= 11 is 0. The van der Waals surface area contributed by atoms with Crippen molar-refractivity contribution in [2.75, 3.05) is 12.8 Å². The number of ether oxygens (including phenoxy) is 2. The van der Waals surface area contributed by atoms with Gasteiger partial charge in [0.05, 0.1) is 7.11 Å². The molecule has 106 valence electrons. The molecule has 1 aromatic heterocycles. The number of pyridine rings is 1. The molecule has 0 atom stereocenters. The highest BCUT2D eigenvalue weighted by Crippen LogP contribution is 2.36. The van der Waals surface area contributed by atoms with E-state index < -0.39 is 0 Å². The number of hydrogen-bond donors (Lipinski definition) is 1. The smallest absolute Gasteiger partial charge is 0.154 e. The number of methoxy groups -OCH3 is 1. The Morgan fingerprint density at radius 3 is 2.43 bits per heavy atom. The summed E-state index contributed by atoms with van der Waals surface area (Å²) in [6.07, 6.45) is 0. The second-order valence-corrected chi connectivity index (χ2v) is 4.75. The number of aromatic nitrogens is 1. The van der Waals surface area contributed by atoms with Crippen molar-refractivity contribution >= 4 is 16.6 Å². The number of hydrogen-bond acceptors (Lipinski definition) is 4. The zero-order valence-electron chi connectivity index (χ0n) is 12.0. The van der Waals surface area contributed by atoms with Crippen molar-refractivity contribution in [1.29, 1.82) is 0 Å². The van der Waals surface area contributed by atoms with E-state index in [0.29, 0.717) is 22.9 Å². The van der Waals surface area contributed by atoms with Gasteiger partial charge in [-0.15, -0.1) is 0 Å². The van der Waals surface area contributed by atoms with Gasteiger partial charge in [0.1, 0.15) is 17.0 Å². The molecule has 2 N–H and O–H groups in total. The van der Waals surface area contributed by atoms with E-state index in [4.69, 9.17) is 15.2 Å². The SMILES string of the molecule is COc1cccc(Oc2cccc3ccc(C)nc23)c1N. The van der Waals surface area contributed by atoms with Gasteiger partial charge in [0.15, 0.2) is 11.5 Å². The fraction of sp³-hybridized carbons (Fsp3) is 0.118. The first-order valence-electron chi connectivity index (χ1n) is 6.66. The van der Waals surface area contributed by atoms with E-state index in [-0.39, 0.29) is 0 Å². The van der Waals surface area contributed by atoms with E-state index in [9.17, 15) is 0 Å². The maximum atomic E-state index is 6.05. The van der Waals surface area contributed by atoms with Crippen molar-refractivity contribution < 1.29 is 9.47 Å². The molecule has 0 aliphatic carbocycles. The first-order valence-corrected chi connectivity index (χ1v) is 6.66. The number of fused-ring (bicyclic) bond motifs is 1. The Balaban J connectivity index is 2.08. The molecule has 1 heterocycles. The highest BCUT2D eigenvalue weighted by molar-refractivity contribution is 5.85. The molecule has 4 nitrogen and oxygen atoms in total. The minimum absolute atomic E-state index is 0.477. The van der Waals surface area contributed by atoms with Crippen molar-refractivity contribution in [2.45, 2.75) is 6.92 Å². The third kappa shape index (κ3) is 2.48. The highest BCUT2D eigenvalue weighted by atomic mass is 16.5. The summed E-state index contributed by atoms with van der Waals surface area (Å²) in [6.45, 7) is 1.95. The summed E-state index contributed by atoms with van der Waals surface area (Å²) in [5, 5.41) is 1.03. The summed E-state index contributed by atoms with van der Waals surface area (Å²) in [6, 6.07) is 15.3. The monoisotopic (exact) mass is 280 g/mol. The molecule has 0 spiro atoms. The fourth-order valence-electron chi connectivity index (χ4n) is 2.21. The van der Waals surface area contributed by atoms with Crippen molar-refractivity contribution in [3.8, 4) is 17.2 Å². The summed E-state index contributed by atoms with van der Waals surface area (Å²) < 4.78 is 11.2. The maximum absolute atomic E-state index is 6.05. The minimum Gasteiger partial charge on any atom is -0.494 e. The normalized spacial score (nSPS) is 10.6. The predicted molar refractivity (Wildman–Crippen MR) is 84.0 cm³/mol. The molecule has 2 aromatic carbocycles. The average molecular weight is 280 g/mol. The summed E-state index contributed by atoms with van der Waals surface area (Å²) in [5.41, 5.74) is 8.28. The molecule has 0 aliphatic heterocycles. The van der Waals surface area contributed by atoms with Crippen LogP contribution in [0.25, 0.3) is 10.9 Å². The van der Waals surface area contributed by atoms with Crippen LogP contribution in [0.4, 0.5) is 5.69 Å². The van der Waals surface area contributed by atoms with E-state index in [0.717, 1.165) is 16.6 Å². The van der Waals surface area contributed by atoms with Gasteiger partial charge >= 0.3 is 0 Å². The number of nitrogen functional groups attached to an aromatic ring is 1. The van der Waals surface area contributed by atoms with E-state index in [1.165, 1.54) is 0 Å². The van der Waals surface area contributed by atoms with Crippen LogP contribution in [0.1, 0.15) is 5.69 Å². The summed E-state index contributed by atoms with van der Waals surface area (Å²) in [5.74, 6) is 1.83. The Bertz CT molecular complexity index is 800. The Morgan fingerprint density at radius 1 is 0.905 bits per heavy atom. The van der Waals surface area contributed by atoms with Crippen LogP contribution in [0.5, 0.6) is 17.2 Å². The molecule has 4 heteroatoms. The average Bonchev–Trinajstić information content (AvgIpc) is 2.50. The van der Waals surface area contributed by atoms with Crippen LogP contribution in [-0.2, 0) is 0 Å². The molecule has 0 aliphatic rings. The number of para-hydroxylation sites is 2. The number of rotatable bonds is 3. The first-order chi connectivity index (χ1) is 10.2. The first kappa shape index (κ1) is 13.2. The number of nitrogens with two attached hydrogens (primary N) is 1. The molecule has 0 fully saturated rings. The van der Waals surface area contributed by atoms with Gasteiger partial charge < -0.3 is 15.2 Å². The molecular formula is C17H16N2O2. The van der Waals surface area contributed by atoms with Crippen LogP contribution in [0.2, 0.25) is 0 Å². The molecule has 0 saturated carbocycles. The molecule has 0 unspecified atom stereocenters. The number of aryl methyl sites for hydroxylation is 1. The van der Waals surface area contributed by atoms with Gasteiger partial charge in [0.2, 0.25) is 0 Å². The fourth-order valence-corrected chi connectivity index (χ4v) is 2.21. The second-order valence-electron chi connectivity index (χ2n) is 4.75. The zero-order chi connectivity index (χ0) is 14.8. The van der Waals surface area contributed by atoms with E-state index in [2.05, 4.69) is 4.98 Å². The van der Waals surface area contributed by atoms with Gasteiger partial charge in [-0.2, -0.15) is 0 Å². The van der Waals surface area contributed by atoms with Crippen LogP contribution in [0, 0.1) is 6.92 Å². The highest BCUT2D eigenvalue weighted by Gasteiger charge is 2.10. The third-order valence-electron chi connectivity index (χ3n) is 3.29. The second kappa shape index (κ2) is 5.32. The molecule has 3 aromatic rings. The largest absolute Gasteiger partial charge is 0.494 e. The van der Waals surface area contributed by atoms with E-state index in [1.54, 1.807) is 13.2 Å². The van der Waals surface area contributed by atoms with E-state index >= 15 is 0 Å². The van der Waals surface area contributed by atoms with Gasteiger partial charge in [-0.1, -0.05) is 24.3 Å². The van der Waals surface area contributed by atoms with Gasteiger partial charge in [-0.25, -0.2) is 4.98 Å². The lowest BCUT2D eigenvalue weighted by molar-refractivity contribution is 0.412. The Hall–Kier alpha value is -2.75. The number of anilines is 1. The van der Waals surface area contributed by atoms with Crippen molar-refractivity contribution in [1.82, 2.24) is 4.98 Å². The van der Waals surface area contributed by atoms with Crippen LogP contribution < -0.4 is 15.2 Å². The minimum atomic E-state index is 0.477. The molecule has 0 saturated heterocycles. The molecular weight excluding hydrogens is 264 g/mol. The quantitative estimate of drug-likeness (QED) is 0.739. The lowest BCUT2D eigenvalue weighted by Crippen LogP contribution is -1.97. The van der Waals surface area contributed by atoms with Crippen molar-refractivity contribution in [3.05, 3.63) is 54.2 Å². The maximum Gasteiger partial charge on any atom is 0.154 e. The lowest BCUT2D eigenvalue weighted by atomic mass is 10.2. The Labute approximate surface area is 123 Å². The van der Waals surface area contributed by atoms with Gasteiger partial charge in [-0.3, -0.25) is 0 Å². The molecule has 0 amide bonds. The van der Waals surface area contributed by atoms with Gasteiger partial charge in [0, 0.05) is 11.1 Å². The number of benzene rings is 2. The van der Waals surface area contributed by atoms with E-state index in [1.807, 2.05) is 49.4 Å². The van der Waals surface area contributed by atoms with Crippen molar-refractivity contribution in [3.63, 3.8) is 0 Å². The van der Waals surface area contributed by atoms with Gasteiger partial charge in [-0.05, 0) is 31.2 Å². The third-order valence-corrected chi connectivity index (χ3v) is 3.29. The molecule has 3 rings (SSSR count). The zero-order valence-corrected chi connectivity index (χ0v) is 12.0. The number of nitrogens with zero attached hydrogens (tertiary/aromatic N) is 1. The van der Waals surface area contributed by atoms with Crippen LogP contribution >= 0.6 is 0 Å².